The molecule has 1 aliphatic carbocycles. The molecule has 0 radical (unpaired) electrons. The van der Waals surface area contributed by atoms with Crippen LogP contribution in [0.5, 0.6) is 0 Å². The van der Waals surface area contributed by atoms with Gasteiger partial charge in [-0.05, 0) is 55.9 Å². The van der Waals surface area contributed by atoms with Crippen molar-refractivity contribution in [2.75, 3.05) is 6.54 Å². The summed E-state index contributed by atoms with van der Waals surface area (Å²) in [6, 6.07) is 8.47. The maximum atomic E-state index is 12.9. The minimum Gasteiger partial charge on any atom is -0.207 e. The molecule has 1 aromatic carbocycles. The lowest BCUT2D eigenvalue weighted by molar-refractivity contribution is 0.129. The second-order valence-corrected chi connectivity index (χ2v) is 7.90. The Hall–Kier alpha value is -1.38. The molecule has 5 heteroatoms. The quantitative estimate of drug-likeness (QED) is 0.844. The Morgan fingerprint density at radius 1 is 1.05 bits per heavy atom. The summed E-state index contributed by atoms with van der Waals surface area (Å²) in [7, 11) is -3.43. The first-order valence-electron chi connectivity index (χ1n) is 7.65. The molecule has 1 saturated heterocycles. The molecule has 2 aliphatic rings. The highest BCUT2D eigenvalue weighted by molar-refractivity contribution is 7.89. The topological polar surface area (TPSA) is 61.2 Å². The van der Waals surface area contributed by atoms with Crippen LogP contribution in [-0.2, 0) is 10.0 Å². The van der Waals surface area contributed by atoms with E-state index in [-0.39, 0.29) is 6.04 Å². The lowest BCUT2D eigenvalue weighted by Crippen LogP contribution is -2.49. The third kappa shape index (κ3) is 2.70. The minimum atomic E-state index is -3.43. The number of fused-ring (bicyclic) bond motifs is 1. The van der Waals surface area contributed by atoms with Gasteiger partial charge in [-0.2, -0.15) is 9.57 Å². The lowest BCUT2D eigenvalue weighted by Gasteiger charge is -2.43. The third-order valence-electron chi connectivity index (χ3n) is 4.78. The van der Waals surface area contributed by atoms with E-state index in [1.807, 2.05) is 6.07 Å². The molecule has 112 valence electrons. The second kappa shape index (κ2) is 5.78. The molecule has 0 N–H and O–H groups in total. The van der Waals surface area contributed by atoms with Crippen LogP contribution in [-0.4, -0.2) is 25.3 Å². The highest BCUT2D eigenvalue weighted by Crippen LogP contribution is 2.37. The van der Waals surface area contributed by atoms with Gasteiger partial charge in [-0.3, -0.25) is 0 Å². The SMILES string of the molecule is N#Cc1ccc(S(=O)(=O)N2CCCC3CCCCC32)cc1. The van der Waals surface area contributed by atoms with Crippen molar-refractivity contribution in [1.29, 1.82) is 5.26 Å². The van der Waals surface area contributed by atoms with Crippen molar-refractivity contribution in [3.05, 3.63) is 29.8 Å². The molecule has 2 fully saturated rings. The summed E-state index contributed by atoms with van der Waals surface area (Å²) in [6.07, 6.45) is 6.61. The molecular weight excluding hydrogens is 284 g/mol. The van der Waals surface area contributed by atoms with Gasteiger partial charge < -0.3 is 0 Å². The van der Waals surface area contributed by atoms with Crippen molar-refractivity contribution >= 4 is 10.0 Å². The van der Waals surface area contributed by atoms with E-state index in [2.05, 4.69) is 0 Å². The Kier molecular flexibility index (Phi) is 4.01. The molecule has 1 aliphatic heterocycles. The molecule has 2 unspecified atom stereocenters. The molecule has 0 amide bonds. The molecule has 1 aromatic rings. The van der Waals surface area contributed by atoms with Gasteiger partial charge in [-0.15, -0.1) is 0 Å². The Morgan fingerprint density at radius 3 is 2.43 bits per heavy atom. The Bertz CT molecular complexity index is 644. The summed E-state index contributed by atoms with van der Waals surface area (Å²) in [4.78, 5) is 0.313. The molecule has 2 atom stereocenters. The van der Waals surface area contributed by atoms with Crippen molar-refractivity contribution in [2.24, 2.45) is 5.92 Å². The van der Waals surface area contributed by atoms with Crippen LogP contribution in [0, 0.1) is 17.2 Å². The van der Waals surface area contributed by atoms with Crippen LogP contribution in [0.3, 0.4) is 0 Å². The summed E-state index contributed by atoms with van der Waals surface area (Å²) >= 11 is 0. The van der Waals surface area contributed by atoms with E-state index < -0.39 is 10.0 Å². The van der Waals surface area contributed by atoms with Crippen molar-refractivity contribution < 1.29 is 8.42 Å². The Labute approximate surface area is 126 Å². The zero-order valence-corrected chi connectivity index (χ0v) is 12.8. The predicted molar refractivity (Wildman–Crippen MR) is 80.0 cm³/mol. The van der Waals surface area contributed by atoms with Gasteiger partial charge in [0.25, 0.3) is 0 Å². The van der Waals surface area contributed by atoms with Gasteiger partial charge in [0.15, 0.2) is 0 Å². The smallest absolute Gasteiger partial charge is 0.207 e. The molecule has 0 spiro atoms. The van der Waals surface area contributed by atoms with Gasteiger partial charge in [-0.25, -0.2) is 8.42 Å². The number of hydrogen-bond acceptors (Lipinski definition) is 3. The Morgan fingerprint density at radius 2 is 1.71 bits per heavy atom. The first kappa shape index (κ1) is 14.6. The number of benzene rings is 1. The molecular formula is C16H20N2O2S. The van der Waals surface area contributed by atoms with Crippen molar-refractivity contribution in [1.82, 2.24) is 4.31 Å². The first-order valence-corrected chi connectivity index (χ1v) is 9.09. The van der Waals surface area contributed by atoms with Crippen molar-refractivity contribution in [2.45, 2.75) is 49.5 Å². The van der Waals surface area contributed by atoms with Gasteiger partial charge in [0.2, 0.25) is 10.0 Å². The van der Waals surface area contributed by atoms with E-state index in [1.165, 1.54) is 6.42 Å². The van der Waals surface area contributed by atoms with Crippen molar-refractivity contribution in [3.63, 3.8) is 0 Å². The number of nitriles is 1. The largest absolute Gasteiger partial charge is 0.243 e. The zero-order chi connectivity index (χ0) is 14.9. The maximum absolute atomic E-state index is 12.9. The molecule has 1 heterocycles. The summed E-state index contributed by atoms with van der Waals surface area (Å²) in [5.74, 6) is 0.528. The van der Waals surface area contributed by atoms with Gasteiger partial charge in [0.1, 0.15) is 0 Å². The molecule has 4 nitrogen and oxygen atoms in total. The van der Waals surface area contributed by atoms with E-state index in [1.54, 1.807) is 28.6 Å². The molecule has 0 aromatic heterocycles. The van der Waals surface area contributed by atoms with Crippen LogP contribution >= 0.6 is 0 Å². The van der Waals surface area contributed by atoms with Crippen LogP contribution in [0.4, 0.5) is 0 Å². The Balaban J connectivity index is 1.90. The summed E-state index contributed by atoms with van der Waals surface area (Å²) < 4.78 is 27.5. The van der Waals surface area contributed by atoms with E-state index in [4.69, 9.17) is 5.26 Å². The summed E-state index contributed by atoms with van der Waals surface area (Å²) in [5.41, 5.74) is 0.489. The normalized spacial score (nSPS) is 26.8. The number of sulfonamides is 1. The monoisotopic (exact) mass is 304 g/mol. The standard InChI is InChI=1S/C16H20N2O2S/c17-12-13-7-9-15(10-8-13)21(19,20)18-11-3-5-14-4-1-2-6-16(14)18/h7-10,14,16H,1-6,11H2. The van der Waals surface area contributed by atoms with Crippen LogP contribution in [0.2, 0.25) is 0 Å². The molecule has 0 bridgehead atoms. The van der Waals surface area contributed by atoms with Gasteiger partial charge >= 0.3 is 0 Å². The highest BCUT2D eigenvalue weighted by Gasteiger charge is 2.39. The predicted octanol–water partition coefficient (Wildman–Crippen LogP) is 2.90. The van der Waals surface area contributed by atoms with E-state index in [0.29, 0.717) is 22.9 Å². The first-order chi connectivity index (χ1) is 10.1. The highest BCUT2D eigenvalue weighted by atomic mass is 32.2. The fourth-order valence-corrected chi connectivity index (χ4v) is 5.47. The third-order valence-corrected chi connectivity index (χ3v) is 6.72. The number of piperidine rings is 1. The summed E-state index contributed by atoms with van der Waals surface area (Å²) in [5, 5.41) is 8.82. The number of hydrogen-bond donors (Lipinski definition) is 0. The minimum absolute atomic E-state index is 0.174. The summed E-state index contributed by atoms with van der Waals surface area (Å²) in [6.45, 7) is 0.628. The maximum Gasteiger partial charge on any atom is 0.243 e. The fourth-order valence-electron chi connectivity index (χ4n) is 3.71. The van der Waals surface area contributed by atoms with Gasteiger partial charge in [0.05, 0.1) is 16.5 Å². The average molecular weight is 304 g/mol. The van der Waals surface area contributed by atoms with Crippen LogP contribution < -0.4 is 0 Å². The second-order valence-electron chi connectivity index (χ2n) is 6.01. The van der Waals surface area contributed by atoms with E-state index in [0.717, 1.165) is 32.1 Å². The fraction of sp³-hybridized carbons (Fsp3) is 0.562. The van der Waals surface area contributed by atoms with Crippen LogP contribution in [0.15, 0.2) is 29.2 Å². The molecule has 21 heavy (non-hydrogen) atoms. The van der Waals surface area contributed by atoms with Crippen LogP contribution in [0.25, 0.3) is 0 Å². The van der Waals surface area contributed by atoms with Gasteiger partial charge in [0, 0.05) is 12.6 Å². The number of nitrogens with zero attached hydrogens (tertiary/aromatic N) is 2. The van der Waals surface area contributed by atoms with E-state index in [9.17, 15) is 8.42 Å². The van der Waals surface area contributed by atoms with E-state index >= 15 is 0 Å². The zero-order valence-electron chi connectivity index (χ0n) is 12.0. The average Bonchev–Trinajstić information content (AvgIpc) is 2.54. The van der Waals surface area contributed by atoms with Gasteiger partial charge in [-0.1, -0.05) is 12.8 Å². The molecule has 3 rings (SSSR count). The number of rotatable bonds is 2. The lowest BCUT2D eigenvalue weighted by atomic mass is 9.79. The van der Waals surface area contributed by atoms with Crippen molar-refractivity contribution in [3.8, 4) is 6.07 Å². The molecule has 1 saturated carbocycles. The van der Waals surface area contributed by atoms with Crippen LogP contribution in [0.1, 0.15) is 44.1 Å².